The molecule has 3 heterocycles. The van der Waals surface area contributed by atoms with E-state index < -0.39 is 11.6 Å². The second-order valence-electron chi connectivity index (χ2n) is 8.31. The molecule has 0 bridgehead atoms. The van der Waals surface area contributed by atoms with E-state index in [-0.39, 0.29) is 39.1 Å². The van der Waals surface area contributed by atoms with Gasteiger partial charge in [-0.2, -0.15) is 5.26 Å². The van der Waals surface area contributed by atoms with E-state index in [2.05, 4.69) is 22.6 Å². The number of carbonyl (C=O) groups excluding carboxylic acids is 1. The van der Waals surface area contributed by atoms with Crippen molar-refractivity contribution in [2.45, 2.75) is 6.42 Å². The van der Waals surface area contributed by atoms with Crippen molar-refractivity contribution in [2.75, 3.05) is 36.8 Å². The van der Waals surface area contributed by atoms with Gasteiger partial charge >= 0.3 is 0 Å². The maximum Gasteiger partial charge on any atom is 0.246 e. The third-order valence-electron chi connectivity index (χ3n) is 6.29. The van der Waals surface area contributed by atoms with Crippen LogP contribution in [0.25, 0.3) is 21.1 Å². The molecule has 11 heteroatoms. The topological polar surface area (TPSA) is 99.1 Å². The Labute approximate surface area is 214 Å². The second kappa shape index (κ2) is 9.33. The van der Waals surface area contributed by atoms with Crippen molar-refractivity contribution in [1.82, 2.24) is 14.9 Å². The van der Waals surface area contributed by atoms with Crippen molar-refractivity contribution in [3.05, 3.63) is 70.4 Å². The van der Waals surface area contributed by atoms with E-state index in [1.54, 1.807) is 17.0 Å². The van der Waals surface area contributed by atoms with E-state index >= 15 is 4.39 Å². The van der Waals surface area contributed by atoms with Gasteiger partial charge in [0.15, 0.2) is 10.9 Å². The fraction of sp³-hybridized carbons (Fsp3) is 0.200. The number of nitriles is 1. The summed E-state index contributed by atoms with van der Waals surface area (Å²) < 4.78 is 30.4. The molecule has 2 N–H and O–H groups in total. The number of thiazole rings is 1. The lowest BCUT2D eigenvalue weighted by Crippen LogP contribution is -2.48. The van der Waals surface area contributed by atoms with Crippen molar-refractivity contribution >= 4 is 60.8 Å². The van der Waals surface area contributed by atoms with E-state index in [1.165, 1.54) is 18.3 Å². The molecule has 1 saturated heterocycles. The van der Waals surface area contributed by atoms with Crippen LogP contribution in [0.5, 0.6) is 0 Å². The number of aromatic nitrogens is 2. The number of hydrogen-bond acceptors (Lipinski definition) is 7. The Morgan fingerprint density at radius 3 is 2.72 bits per heavy atom. The van der Waals surface area contributed by atoms with Gasteiger partial charge in [0.2, 0.25) is 5.91 Å². The lowest BCUT2D eigenvalue weighted by molar-refractivity contribution is -0.126. The number of fused-ring (bicyclic) bond motifs is 2. The van der Waals surface area contributed by atoms with Gasteiger partial charge < -0.3 is 15.5 Å². The van der Waals surface area contributed by atoms with Crippen LogP contribution < -0.4 is 10.6 Å². The van der Waals surface area contributed by atoms with E-state index in [1.807, 2.05) is 4.90 Å². The van der Waals surface area contributed by atoms with Gasteiger partial charge in [-0.1, -0.05) is 35.6 Å². The van der Waals surface area contributed by atoms with Crippen molar-refractivity contribution in [2.24, 2.45) is 0 Å². The first kappa shape index (κ1) is 23.9. The lowest BCUT2D eigenvalue weighted by atomic mass is 9.99. The minimum absolute atomic E-state index is 0.0555. The quantitative estimate of drug-likeness (QED) is 0.390. The predicted octanol–water partition coefficient (Wildman–Crippen LogP) is 4.66. The molecule has 0 spiro atoms. The summed E-state index contributed by atoms with van der Waals surface area (Å²) in [4.78, 5) is 24.0. The maximum absolute atomic E-state index is 15.9. The maximum atomic E-state index is 15.9. The van der Waals surface area contributed by atoms with Gasteiger partial charge in [0.1, 0.15) is 17.4 Å². The molecule has 0 aliphatic carbocycles. The highest BCUT2D eigenvalue weighted by atomic mass is 35.5. The van der Waals surface area contributed by atoms with Gasteiger partial charge in [-0.3, -0.25) is 9.78 Å². The summed E-state index contributed by atoms with van der Waals surface area (Å²) in [6.45, 7) is 5.29. The first-order valence-electron chi connectivity index (χ1n) is 11.0. The Balaban J connectivity index is 1.58. The van der Waals surface area contributed by atoms with Gasteiger partial charge in [-0.05, 0) is 23.8 Å². The molecule has 0 unspecified atom stereocenters. The number of nitrogens with two attached hydrogens (primary N) is 1. The van der Waals surface area contributed by atoms with Crippen LogP contribution in [0, 0.1) is 23.0 Å². The average Bonchev–Trinajstić information content (AvgIpc) is 3.29. The highest BCUT2D eigenvalue weighted by molar-refractivity contribution is 7.22. The SMILES string of the molecule is C=CC(=O)N1CCN(c2c(C#N)cnc3c(F)c(Cc4ccc(F)c5sc(N)nc45)c(Cl)cc23)CC1. The van der Waals surface area contributed by atoms with Gasteiger partial charge in [0.05, 0.1) is 21.5 Å². The molecule has 0 saturated carbocycles. The summed E-state index contributed by atoms with van der Waals surface area (Å²) in [6, 6.07) is 6.58. The number of piperazine rings is 1. The van der Waals surface area contributed by atoms with Crippen LogP contribution in [-0.4, -0.2) is 47.0 Å². The third-order valence-corrected chi connectivity index (χ3v) is 7.52. The fourth-order valence-corrected chi connectivity index (χ4v) is 5.58. The van der Waals surface area contributed by atoms with Crippen molar-refractivity contribution in [1.29, 1.82) is 5.26 Å². The molecule has 182 valence electrons. The first-order chi connectivity index (χ1) is 17.3. The highest BCUT2D eigenvalue weighted by Gasteiger charge is 2.26. The summed E-state index contributed by atoms with van der Waals surface area (Å²) in [5.74, 6) is -1.23. The van der Waals surface area contributed by atoms with Crippen LogP contribution in [0.15, 0.2) is 37.1 Å². The predicted molar refractivity (Wildman–Crippen MR) is 137 cm³/mol. The number of nitrogens with zero attached hydrogens (tertiary/aromatic N) is 5. The Bertz CT molecular complexity index is 1590. The molecule has 5 rings (SSSR count). The number of hydrogen-bond donors (Lipinski definition) is 1. The molecule has 36 heavy (non-hydrogen) atoms. The standard InChI is InChI=1S/C25H19ClF2N6OS/c1-2-19(35)33-5-7-34(8-6-33)23-14(11-29)12-31-22-16(23)10-17(26)15(20(22)28)9-13-3-4-18(27)24-21(13)32-25(30)36-24/h2-4,10,12H,1,5-9H2,(H2,30,32). The highest BCUT2D eigenvalue weighted by Crippen LogP contribution is 2.38. The third kappa shape index (κ3) is 4.00. The fourth-order valence-electron chi connectivity index (χ4n) is 4.53. The number of halogens is 3. The minimum atomic E-state index is -0.621. The van der Waals surface area contributed by atoms with Crippen molar-refractivity contribution in [3.63, 3.8) is 0 Å². The van der Waals surface area contributed by atoms with Crippen LogP contribution in [0.2, 0.25) is 5.02 Å². The number of pyridine rings is 1. The van der Waals surface area contributed by atoms with Crippen LogP contribution in [-0.2, 0) is 11.2 Å². The van der Waals surface area contributed by atoms with Gasteiger partial charge in [-0.15, -0.1) is 0 Å². The zero-order chi connectivity index (χ0) is 25.6. The van der Waals surface area contributed by atoms with Crippen molar-refractivity contribution < 1.29 is 13.6 Å². The number of nitrogen functional groups attached to an aromatic ring is 1. The smallest absolute Gasteiger partial charge is 0.246 e. The Kier molecular flexibility index (Phi) is 6.20. The molecule has 0 radical (unpaired) electrons. The summed E-state index contributed by atoms with van der Waals surface area (Å²) in [6.07, 6.45) is 2.67. The Hall–Kier alpha value is -3.81. The second-order valence-corrected chi connectivity index (χ2v) is 9.75. The average molecular weight is 525 g/mol. The summed E-state index contributed by atoms with van der Waals surface area (Å²) in [5.41, 5.74) is 7.80. The summed E-state index contributed by atoms with van der Waals surface area (Å²) in [7, 11) is 0. The van der Waals surface area contributed by atoms with Crippen LogP contribution in [0.1, 0.15) is 16.7 Å². The molecule has 1 fully saturated rings. The first-order valence-corrected chi connectivity index (χ1v) is 12.2. The normalized spacial score (nSPS) is 13.8. The number of benzene rings is 2. The van der Waals surface area contributed by atoms with Gasteiger partial charge in [-0.25, -0.2) is 13.8 Å². The van der Waals surface area contributed by atoms with E-state index in [0.717, 1.165) is 11.3 Å². The zero-order valence-electron chi connectivity index (χ0n) is 18.9. The molecule has 7 nitrogen and oxygen atoms in total. The molecule has 2 aromatic carbocycles. The van der Waals surface area contributed by atoms with Crippen LogP contribution in [0.4, 0.5) is 19.6 Å². The number of rotatable bonds is 4. The number of carbonyl (C=O) groups is 1. The van der Waals surface area contributed by atoms with E-state index in [0.29, 0.717) is 53.0 Å². The number of amides is 1. The monoisotopic (exact) mass is 524 g/mol. The molecule has 0 atom stereocenters. The Morgan fingerprint density at radius 2 is 2.03 bits per heavy atom. The number of anilines is 2. The molecule has 1 amide bonds. The van der Waals surface area contributed by atoms with E-state index in [9.17, 15) is 14.4 Å². The van der Waals surface area contributed by atoms with Crippen LogP contribution in [0.3, 0.4) is 0 Å². The van der Waals surface area contributed by atoms with Crippen molar-refractivity contribution in [3.8, 4) is 6.07 Å². The summed E-state index contributed by atoms with van der Waals surface area (Å²) in [5, 5.41) is 10.5. The molecule has 1 aliphatic heterocycles. The largest absolute Gasteiger partial charge is 0.375 e. The molecule has 4 aromatic rings. The van der Waals surface area contributed by atoms with Gasteiger partial charge in [0, 0.05) is 54.8 Å². The van der Waals surface area contributed by atoms with E-state index in [4.69, 9.17) is 17.3 Å². The lowest BCUT2D eigenvalue weighted by Gasteiger charge is -2.36. The molecular weight excluding hydrogens is 506 g/mol. The Morgan fingerprint density at radius 1 is 1.28 bits per heavy atom. The summed E-state index contributed by atoms with van der Waals surface area (Å²) >= 11 is 7.61. The molecule has 2 aromatic heterocycles. The van der Waals surface area contributed by atoms with Crippen LogP contribution >= 0.6 is 22.9 Å². The molecule has 1 aliphatic rings. The van der Waals surface area contributed by atoms with Gasteiger partial charge in [0.25, 0.3) is 0 Å². The minimum Gasteiger partial charge on any atom is -0.375 e. The zero-order valence-corrected chi connectivity index (χ0v) is 20.5. The molecular formula is C25H19ClF2N6OS.